The first-order valence-corrected chi connectivity index (χ1v) is 6.97. The van der Waals surface area contributed by atoms with E-state index in [0.717, 1.165) is 19.4 Å². The molecule has 3 N–H and O–H groups in total. The highest BCUT2D eigenvalue weighted by molar-refractivity contribution is 5.11. The molecule has 0 radical (unpaired) electrons. The quantitative estimate of drug-likeness (QED) is 0.461. The van der Waals surface area contributed by atoms with Crippen LogP contribution in [0.25, 0.3) is 0 Å². The largest absolute Gasteiger partial charge is 0.273 e. The Morgan fingerprint density at radius 1 is 1.44 bits per heavy atom. The molecule has 0 fully saturated rings. The molecule has 0 spiro atoms. The summed E-state index contributed by atoms with van der Waals surface area (Å²) in [6.07, 6.45) is 13.6. The first kappa shape index (κ1) is 13.3. The van der Waals surface area contributed by atoms with Gasteiger partial charge in [-0.1, -0.05) is 11.6 Å². The van der Waals surface area contributed by atoms with Crippen LogP contribution in [0, 0.1) is 0 Å². The smallest absolute Gasteiger partial charge is 0.0522 e. The van der Waals surface area contributed by atoms with Crippen molar-refractivity contribution in [3.8, 4) is 0 Å². The van der Waals surface area contributed by atoms with E-state index in [1.54, 1.807) is 5.57 Å². The second-order valence-corrected chi connectivity index (χ2v) is 5.08. The Morgan fingerprint density at radius 3 is 2.94 bits per heavy atom. The fraction of sp³-hybridized carbons (Fsp3) is 0.643. The molecular weight excluding hydrogens is 224 g/mol. The second kappa shape index (κ2) is 6.71. The van der Waals surface area contributed by atoms with Crippen LogP contribution in [0.4, 0.5) is 0 Å². The molecule has 0 amide bonds. The monoisotopic (exact) mass is 248 g/mol. The van der Waals surface area contributed by atoms with Gasteiger partial charge in [0.05, 0.1) is 6.20 Å². The van der Waals surface area contributed by atoms with Crippen LogP contribution < -0.4 is 11.3 Å². The summed E-state index contributed by atoms with van der Waals surface area (Å²) in [5.41, 5.74) is 5.77. The van der Waals surface area contributed by atoms with Crippen molar-refractivity contribution in [2.24, 2.45) is 5.84 Å². The van der Waals surface area contributed by atoms with E-state index >= 15 is 0 Å². The number of nitrogens with two attached hydrogens (primary N) is 1. The van der Waals surface area contributed by atoms with E-state index in [2.05, 4.69) is 29.7 Å². The van der Waals surface area contributed by atoms with E-state index in [-0.39, 0.29) is 0 Å². The van der Waals surface area contributed by atoms with Gasteiger partial charge in [-0.15, -0.1) is 0 Å². The Kier molecular flexibility index (Phi) is 4.96. The molecule has 1 aromatic heterocycles. The molecule has 0 bridgehead atoms. The van der Waals surface area contributed by atoms with Crippen LogP contribution in [-0.4, -0.2) is 15.8 Å². The van der Waals surface area contributed by atoms with Crippen molar-refractivity contribution in [2.45, 2.75) is 58.0 Å². The molecule has 4 nitrogen and oxygen atoms in total. The minimum absolute atomic E-state index is 0.323. The Hall–Kier alpha value is -1.13. The molecular formula is C14H24N4. The lowest BCUT2D eigenvalue weighted by Crippen LogP contribution is -2.37. The van der Waals surface area contributed by atoms with Gasteiger partial charge >= 0.3 is 0 Å². The number of allylic oxidation sites excluding steroid dienone is 1. The third-order valence-corrected chi connectivity index (χ3v) is 3.62. The summed E-state index contributed by atoms with van der Waals surface area (Å²) in [7, 11) is 0. The zero-order valence-corrected chi connectivity index (χ0v) is 11.2. The lowest BCUT2D eigenvalue weighted by Gasteiger charge is -2.19. The third-order valence-electron chi connectivity index (χ3n) is 3.62. The highest BCUT2D eigenvalue weighted by atomic mass is 15.3. The van der Waals surface area contributed by atoms with Gasteiger partial charge in [0.1, 0.15) is 0 Å². The first-order chi connectivity index (χ1) is 8.81. The van der Waals surface area contributed by atoms with Gasteiger partial charge in [-0.25, -0.2) is 0 Å². The molecule has 0 aromatic carbocycles. The molecule has 1 aromatic rings. The van der Waals surface area contributed by atoms with Gasteiger partial charge < -0.3 is 0 Å². The van der Waals surface area contributed by atoms with Crippen molar-refractivity contribution < 1.29 is 0 Å². The van der Waals surface area contributed by atoms with Crippen molar-refractivity contribution in [3.05, 3.63) is 29.6 Å². The molecule has 1 atom stereocenters. The maximum Gasteiger partial charge on any atom is 0.0522 e. The number of hydrazine groups is 1. The van der Waals surface area contributed by atoms with Crippen LogP contribution in [0.2, 0.25) is 0 Å². The zero-order chi connectivity index (χ0) is 12.8. The van der Waals surface area contributed by atoms with E-state index in [1.165, 1.54) is 31.2 Å². The summed E-state index contributed by atoms with van der Waals surface area (Å²) in [5, 5.41) is 4.30. The zero-order valence-electron chi connectivity index (χ0n) is 11.2. The van der Waals surface area contributed by atoms with Crippen LogP contribution in [0.5, 0.6) is 0 Å². The van der Waals surface area contributed by atoms with E-state index in [9.17, 15) is 0 Å². The normalized spacial score (nSPS) is 17.6. The number of rotatable bonds is 6. The summed E-state index contributed by atoms with van der Waals surface area (Å²) >= 11 is 0. The standard InChI is InChI=1S/C14H24N4/c1-2-18-11-13(10-16-18)9-14(17-15)8-12-6-4-3-5-7-12/h6,10-11,14,17H,2-5,7-9,15H2,1H3. The molecule has 1 heterocycles. The summed E-state index contributed by atoms with van der Waals surface area (Å²) < 4.78 is 1.96. The van der Waals surface area contributed by atoms with Gasteiger partial charge in [-0.2, -0.15) is 5.10 Å². The van der Waals surface area contributed by atoms with Crippen LogP contribution >= 0.6 is 0 Å². The van der Waals surface area contributed by atoms with Crippen LogP contribution in [0.1, 0.15) is 44.6 Å². The van der Waals surface area contributed by atoms with Gasteiger partial charge in [-0.05, 0) is 51.0 Å². The van der Waals surface area contributed by atoms with Crippen LogP contribution in [-0.2, 0) is 13.0 Å². The van der Waals surface area contributed by atoms with E-state index in [0.29, 0.717) is 6.04 Å². The van der Waals surface area contributed by atoms with Gasteiger partial charge in [0.2, 0.25) is 0 Å². The Labute approximate surface area is 109 Å². The molecule has 1 unspecified atom stereocenters. The Morgan fingerprint density at radius 2 is 2.33 bits per heavy atom. The highest BCUT2D eigenvalue weighted by Crippen LogP contribution is 2.22. The lowest BCUT2D eigenvalue weighted by atomic mass is 9.92. The molecule has 1 aliphatic carbocycles. The van der Waals surface area contributed by atoms with Crippen LogP contribution in [0.15, 0.2) is 24.0 Å². The Bertz CT molecular complexity index is 394. The first-order valence-electron chi connectivity index (χ1n) is 6.97. The molecule has 100 valence electrons. The predicted molar refractivity (Wildman–Crippen MR) is 73.9 cm³/mol. The van der Waals surface area contributed by atoms with E-state index < -0.39 is 0 Å². The number of nitrogens with zero attached hydrogens (tertiary/aromatic N) is 2. The second-order valence-electron chi connectivity index (χ2n) is 5.08. The molecule has 0 aliphatic heterocycles. The molecule has 1 aliphatic rings. The maximum absolute atomic E-state index is 5.67. The number of aromatic nitrogens is 2. The summed E-state index contributed by atoms with van der Waals surface area (Å²) in [5.74, 6) is 5.67. The number of aryl methyl sites for hydroxylation is 1. The Balaban J connectivity index is 1.90. The number of nitrogens with one attached hydrogen (secondary N) is 1. The molecule has 2 rings (SSSR count). The van der Waals surface area contributed by atoms with E-state index in [1.807, 2.05) is 10.9 Å². The summed E-state index contributed by atoms with van der Waals surface area (Å²) in [6.45, 7) is 3.02. The van der Waals surface area contributed by atoms with Gasteiger partial charge in [-0.3, -0.25) is 16.0 Å². The van der Waals surface area contributed by atoms with E-state index in [4.69, 9.17) is 5.84 Å². The fourth-order valence-corrected chi connectivity index (χ4v) is 2.57. The maximum atomic E-state index is 5.67. The van der Waals surface area contributed by atoms with Gasteiger partial charge in [0.15, 0.2) is 0 Å². The van der Waals surface area contributed by atoms with Crippen molar-refractivity contribution in [1.82, 2.24) is 15.2 Å². The minimum Gasteiger partial charge on any atom is -0.273 e. The van der Waals surface area contributed by atoms with Gasteiger partial charge in [0.25, 0.3) is 0 Å². The number of hydrogen-bond donors (Lipinski definition) is 2. The van der Waals surface area contributed by atoms with Gasteiger partial charge in [0, 0.05) is 18.8 Å². The summed E-state index contributed by atoms with van der Waals surface area (Å²) in [4.78, 5) is 0. The average molecular weight is 248 g/mol. The number of hydrogen-bond acceptors (Lipinski definition) is 3. The van der Waals surface area contributed by atoms with Crippen molar-refractivity contribution in [1.29, 1.82) is 0 Å². The lowest BCUT2D eigenvalue weighted by molar-refractivity contribution is 0.504. The molecule has 0 saturated carbocycles. The SMILES string of the molecule is CCn1cc(CC(CC2=CCCCC2)NN)cn1. The third kappa shape index (κ3) is 3.68. The summed E-state index contributed by atoms with van der Waals surface area (Å²) in [6, 6.07) is 0.323. The highest BCUT2D eigenvalue weighted by Gasteiger charge is 2.13. The average Bonchev–Trinajstić information content (AvgIpc) is 2.87. The molecule has 0 saturated heterocycles. The minimum atomic E-state index is 0.323. The van der Waals surface area contributed by atoms with Crippen LogP contribution in [0.3, 0.4) is 0 Å². The topological polar surface area (TPSA) is 55.9 Å². The molecule has 18 heavy (non-hydrogen) atoms. The van der Waals surface area contributed by atoms with Crippen molar-refractivity contribution in [2.75, 3.05) is 0 Å². The fourth-order valence-electron chi connectivity index (χ4n) is 2.57. The van der Waals surface area contributed by atoms with Crippen molar-refractivity contribution >= 4 is 0 Å². The van der Waals surface area contributed by atoms with Crippen molar-refractivity contribution in [3.63, 3.8) is 0 Å². The molecule has 4 heteroatoms. The predicted octanol–water partition coefficient (Wildman–Crippen LogP) is 2.17.